The third-order valence-corrected chi connectivity index (χ3v) is 2.92. The summed E-state index contributed by atoms with van der Waals surface area (Å²) in [5.41, 5.74) is 7.93. The quantitative estimate of drug-likeness (QED) is 0.895. The lowest BCUT2D eigenvalue weighted by atomic mass is 10.1. The molecule has 5 heteroatoms. The normalized spacial score (nSPS) is 11.8. The van der Waals surface area contributed by atoms with Crippen LogP contribution in [0.25, 0.3) is 0 Å². The Morgan fingerprint density at radius 2 is 2.20 bits per heavy atom. The van der Waals surface area contributed by atoms with Gasteiger partial charge in [0.1, 0.15) is 5.75 Å². The molecule has 0 saturated carbocycles. The van der Waals surface area contributed by atoms with E-state index in [9.17, 15) is 4.79 Å². The van der Waals surface area contributed by atoms with Crippen LogP contribution in [-0.4, -0.2) is 18.0 Å². The van der Waals surface area contributed by atoms with Crippen LogP contribution in [0.4, 0.5) is 5.69 Å². The maximum atomic E-state index is 12.2. The Bertz CT molecular complexity index is 612. The maximum absolute atomic E-state index is 12.2. The van der Waals surface area contributed by atoms with Crippen LogP contribution in [0, 0.1) is 0 Å². The van der Waals surface area contributed by atoms with Crippen LogP contribution in [0.5, 0.6) is 5.75 Å². The maximum Gasteiger partial charge on any atom is 0.259 e. The summed E-state index contributed by atoms with van der Waals surface area (Å²) >= 11 is 0. The summed E-state index contributed by atoms with van der Waals surface area (Å²) in [5, 5.41) is 2.83. The first-order chi connectivity index (χ1) is 9.61. The molecule has 2 aromatic rings. The fourth-order valence-corrected chi connectivity index (χ4v) is 1.83. The zero-order valence-electron chi connectivity index (χ0n) is 11.5. The molecule has 20 heavy (non-hydrogen) atoms. The van der Waals surface area contributed by atoms with Crippen molar-refractivity contribution in [2.75, 3.05) is 12.4 Å². The van der Waals surface area contributed by atoms with Crippen LogP contribution < -0.4 is 15.8 Å². The van der Waals surface area contributed by atoms with Gasteiger partial charge in [0.2, 0.25) is 0 Å². The molecular formula is C15H17N3O2. The Kier molecular flexibility index (Phi) is 4.32. The second kappa shape index (κ2) is 6.16. The van der Waals surface area contributed by atoms with E-state index in [0.29, 0.717) is 17.0 Å². The number of aromatic nitrogens is 1. The minimum absolute atomic E-state index is 0.0812. The SMILES string of the molecule is COc1cnccc1C(=O)Nc1cccc(C(C)N)c1. The van der Waals surface area contributed by atoms with Gasteiger partial charge in [-0.3, -0.25) is 9.78 Å². The van der Waals surface area contributed by atoms with Crippen molar-refractivity contribution in [2.45, 2.75) is 13.0 Å². The van der Waals surface area contributed by atoms with Crippen LogP contribution in [0.2, 0.25) is 0 Å². The number of nitrogens with zero attached hydrogens (tertiary/aromatic N) is 1. The van der Waals surface area contributed by atoms with Crippen molar-refractivity contribution in [1.29, 1.82) is 0 Å². The molecule has 0 saturated heterocycles. The molecule has 0 aliphatic rings. The van der Waals surface area contributed by atoms with Gasteiger partial charge in [-0.1, -0.05) is 12.1 Å². The van der Waals surface area contributed by atoms with E-state index in [-0.39, 0.29) is 11.9 Å². The Hall–Kier alpha value is -2.40. The molecule has 3 N–H and O–H groups in total. The van der Waals surface area contributed by atoms with Crippen LogP contribution in [-0.2, 0) is 0 Å². The van der Waals surface area contributed by atoms with Crippen molar-refractivity contribution >= 4 is 11.6 Å². The van der Waals surface area contributed by atoms with Gasteiger partial charge in [0.05, 0.1) is 18.9 Å². The number of methoxy groups -OCH3 is 1. The molecule has 1 aromatic carbocycles. The molecular weight excluding hydrogens is 254 g/mol. The number of carbonyl (C=O) groups excluding carboxylic acids is 1. The van der Waals surface area contributed by atoms with Gasteiger partial charge in [-0.25, -0.2) is 0 Å². The van der Waals surface area contributed by atoms with Crippen molar-refractivity contribution < 1.29 is 9.53 Å². The number of nitrogens with one attached hydrogen (secondary N) is 1. The highest BCUT2D eigenvalue weighted by Crippen LogP contribution is 2.19. The number of hydrogen-bond donors (Lipinski definition) is 2. The molecule has 0 spiro atoms. The standard InChI is InChI=1S/C15H17N3O2/c1-10(16)11-4-3-5-12(8-11)18-15(19)13-6-7-17-9-14(13)20-2/h3-10H,16H2,1-2H3,(H,18,19). The van der Waals surface area contributed by atoms with Crippen molar-refractivity contribution in [1.82, 2.24) is 4.98 Å². The van der Waals surface area contributed by atoms with Crippen molar-refractivity contribution in [3.63, 3.8) is 0 Å². The fraction of sp³-hybridized carbons (Fsp3) is 0.200. The van der Waals surface area contributed by atoms with E-state index in [1.54, 1.807) is 12.3 Å². The second-order valence-electron chi connectivity index (χ2n) is 4.44. The summed E-state index contributed by atoms with van der Waals surface area (Å²) in [6.07, 6.45) is 3.06. The number of rotatable bonds is 4. The summed E-state index contributed by atoms with van der Waals surface area (Å²) in [7, 11) is 1.50. The number of anilines is 1. The molecule has 0 fully saturated rings. The predicted octanol–water partition coefficient (Wildman–Crippen LogP) is 2.36. The lowest BCUT2D eigenvalue weighted by molar-refractivity contribution is 0.102. The second-order valence-corrected chi connectivity index (χ2v) is 4.44. The van der Waals surface area contributed by atoms with Crippen LogP contribution in [0.3, 0.4) is 0 Å². The van der Waals surface area contributed by atoms with E-state index in [1.165, 1.54) is 13.3 Å². The Labute approximate surface area is 117 Å². The summed E-state index contributed by atoms with van der Waals surface area (Å²) in [6, 6.07) is 8.99. The summed E-state index contributed by atoms with van der Waals surface area (Å²) in [4.78, 5) is 16.1. The van der Waals surface area contributed by atoms with Gasteiger partial charge in [0.25, 0.3) is 5.91 Å². The lowest BCUT2D eigenvalue weighted by Crippen LogP contribution is -2.14. The highest BCUT2D eigenvalue weighted by molar-refractivity contribution is 6.06. The average Bonchev–Trinajstić information content (AvgIpc) is 2.47. The number of ether oxygens (including phenoxy) is 1. The Morgan fingerprint density at radius 3 is 2.90 bits per heavy atom. The van der Waals surface area contributed by atoms with Crippen LogP contribution in [0.15, 0.2) is 42.7 Å². The smallest absolute Gasteiger partial charge is 0.259 e. The molecule has 1 atom stereocenters. The first kappa shape index (κ1) is 14.0. The molecule has 0 radical (unpaired) electrons. The first-order valence-corrected chi connectivity index (χ1v) is 6.26. The third-order valence-electron chi connectivity index (χ3n) is 2.92. The van der Waals surface area contributed by atoms with E-state index in [4.69, 9.17) is 10.5 Å². The summed E-state index contributed by atoms with van der Waals surface area (Å²) in [6.45, 7) is 1.90. The highest BCUT2D eigenvalue weighted by Gasteiger charge is 2.12. The zero-order valence-corrected chi connectivity index (χ0v) is 11.5. The molecule has 1 amide bonds. The average molecular weight is 271 g/mol. The number of hydrogen-bond acceptors (Lipinski definition) is 4. The van der Waals surface area contributed by atoms with E-state index < -0.39 is 0 Å². The molecule has 1 aromatic heterocycles. The molecule has 1 heterocycles. The van der Waals surface area contributed by atoms with Crippen LogP contribution in [0.1, 0.15) is 28.9 Å². The van der Waals surface area contributed by atoms with E-state index >= 15 is 0 Å². The predicted molar refractivity (Wildman–Crippen MR) is 77.8 cm³/mol. The number of benzene rings is 1. The number of carbonyl (C=O) groups is 1. The lowest BCUT2D eigenvalue weighted by Gasteiger charge is -2.11. The molecule has 5 nitrogen and oxygen atoms in total. The fourth-order valence-electron chi connectivity index (χ4n) is 1.83. The first-order valence-electron chi connectivity index (χ1n) is 6.26. The monoisotopic (exact) mass is 271 g/mol. The van der Waals surface area contributed by atoms with Gasteiger partial charge in [0, 0.05) is 17.9 Å². The highest BCUT2D eigenvalue weighted by atomic mass is 16.5. The van der Waals surface area contributed by atoms with Gasteiger partial charge in [-0.2, -0.15) is 0 Å². The molecule has 2 rings (SSSR count). The Morgan fingerprint density at radius 1 is 1.40 bits per heavy atom. The van der Waals surface area contributed by atoms with Crippen LogP contribution >= 0.6 is 0 Å². The molecule has 104 valence electrons. The van der Waals surface area contributed by atoms with Gasteiger partial charge < -0.3 is 15.8 Å². The molecule has 0 bridgehead atoms. The van der Waals surface area contributed by atoms with E-state index in [1.807, 2.05) is 31.2 Å². The third kappa shape index (κ3) is 3.13. The van der Waals surface area contributed by atoms with Crippen molar-refractivity contribution in [3.05, 3.63) is 53.9 Å². The molecule has 1 unspecified atom stereocenters. The van der Waals surface area contributed by atoms with Gasteiger partial charge in [0.15, 0.2) is 0 Å². The molecule has 0 aliphatic heterocycles. The van der Waals surface area contributed by atoms with Gasteiger partial charge in [-0.15, -0.1) is 0 Å². The minimum atomic E-state index is -0.244. The van der Waals surface area contributed by atoms with Gasteiger partial charge >= 0.3 is 0 Å². The Balaban J connectivity index is 2.21. The molecule has 0 aliphatic carbocycles. The largest absolute Gasteiger partial charge is 0.494 e. The van der Waals surface area contributed by atoms with Crippen molar-refractivity contribution in [2.24, 2.45) is 5.73 Å². The summed E-state index contributed by atoms with van der Waals surface area (Å²) < 4.78 is 5.12. The number of amides is 1. The number of pyridine rings is 1. The minimum Gasteiger partial charge on any atom is -0.494 e. The topological polar surface area (TPSA) is 77.2 Å². The van der Waals surface area contributed by atoms with E-state index in [0.717, 1.165) is 5.56 Å². The zero-order chi connectivity index (χ0) is 14.5. The summed E-state index contributed by atoms with van der Waals surface area (Å²) in [5.74, 6) is 0.194. The van der Waals surface area contributed by atoms with Gasteiger partial charge in [-0.05, 0) is 30.7 Å². The van der Waals surface area contributed by atoms with E-state index in [2.05, 4.69) is 10.3 Å². The number of nitrogens with two attached hydrogens (primary N) is 1. The van der Waals surface area contributed by atoms with Crippen molar-refractivity contribution in [3.8, 4) is 5.75 Å².